The standard InChI is InChI=1S/C19H20N3O4S/c1-26-17-8-6-15(7-9-17)20-13-19(23,21-10-3-11-27-18(20)21)14-4-2-5-16(12-14)22(24)25/h2,4-9,12,23H,3,10-11,13H2,1H3/q+1/t19-/m0/s1. The molecule has 2 aliphatic rings. The van der Waals surface area contributed by atoms with Gasteiger partial charge in [0, 0.05) is 23.4 Å². The van der Waals surface area contributed by atoms with Gasteiger partial charge in [-0.1, -0.05) is 12.1 Å². The minimum absolute atomic E-state index is 0.0185. The molecule has 4 rings (SSSR count). The van der Waals surface area contributed by atoms with Gasteiger partial charge in [0.2, 0.25) is 0 Å². The third kappa shape index (κ3) is 3.04. The van der Waals surface area contributed by atoms with Crippen molar-refractivity contribution in [3.8, 4) is 5.75 Å². The van der Waals surface area contributed by atoms with E-state index in [0.717, 1.165) is 28.8 Å². The van der Waals surface area contributed by atoms with Crippen LogP contribution >= 0.6 is 11.8 Å². The Bertz CT molecular complexity index is 915. The van der Waals surface area contributed by atoms with E-state index >= 15 is 0 Å². The number of hydrogen-bond acceptors (Lipinski definition) is 6. The summed E-state index contributed by atoms with van der Waals surface area (Å²) in [6, 6.07) is 14.0. The molecule has 0 spiro atoms. The van der Waals surface area contributed by atoms with Crippen LogP contribution in [0.15, 0.2) is 48.5 Å². The Hall–Kier alpha value is -2.58. The molecule has 1 atom stereocenters. The van der Waals surface area contributed by atoms with E-state index < -0.39 is 10.6 Å². The molecule has 2 aromatic rings. The van der Waals surface area contributed by atoms with Gasteiger partial charge in [0.15, 0.2) is 6.54 Å². The first-order chi connectivity index (χ1) is 13.0. The Balaban J connectivity index is 1.77. The molecule has 0 aromatic heterocycles. The van der Waals surface area contributed by atoms with Gasteiger partial charge in [0.25, 0.3) is 11.4 Å². The molecule has 27 heavy (non-hydrogen) atoms. The van der Waals surface area contributed by atoms with Crippen LogP contribution < -0.4 is 9.64 Å². The molecule has 0 amide bonds. The number of rotatable bonds is 4. The zero-order valence-electron chi connectivity index (χ0n) is 14.9. The molecule has 8 heteroatoms. The lowest BCUT2D eigenvalue weighted by molar-refractivity contribution is -0.656. The van der Waals surface area contributed by atoms with E-state index in [-0.39, 0.29) is 5.69 Å². The first-order valence-electron chi connectivity index (χ1n) is 8.69. The summed E-state index contributed by atoms with van der Waals surface area (Å²) in [7, 11) is 1.62. The fourth-order valence-electron chi connectivity index (χ4n) is 3.58. The van der Waals surface area contributed by atoms with Crippen LogP contribution in [0, 0.1) is 10.1 Å². The minimum atomic E-state index is -1.31. The molecule has 0 radical (unpaired) electrons. The number of benzene rings is 2. The highest BCUT2D eigenvalue weighted by Gasteiger charge is 2.53. The fourth-order valence-corrected chi connectivity index (χ4v) is 4.76. The van der Waals surface area contributed by atoms with Gasteiger partial charge in [-0.2, -0.15) is 0 Å². The maximum atomic E-state index is 11.6. The second kappa shape index (κ2) is 6.86. The summed E-state index contributed by atoms with van der Waals surface area (Å²) >= 11 is 1.70. The average molecular weight is 386 g/mol. The molecule has 7 nitrogen and oxygen atoms in total. The second-order valence-corrected chi connectivity index (χ2v) is 7.61. The van der Waals surface area contributed by atoms with E-state index in [1.165, 1.54) is 12.1 Å². The first kappa shape index (κ1) is 17.8. The van der Waals surface area contributed by atoms with Crippen molar-refractivity contribution < 1.29 is 19.3 Å². The molecular formula is C19H20N3O4S+. The highest BCUT2D eigenvalue weighted by Crippen LogP contribution is 2.38. The maximum Gasteiger partial charge on any atom is 0.316 e. The van der Waals surface area contributed by atoms with Crippen LogP contribution in [-0.4, -0.2) is 45.7 Å². The summed E-state index contributed by atoms with van der Waals surface area (Å²) in [6.45, 7) is 1.01. The van der Waals surface area contributed by atoms with Crippen molar-refractivity contribution in [1.82, 2.24) is 0 Å². The maximum absolute atomic E-state index is 11.6. The van der Waals surface area contributed by atoms with E-state index in [4.69, 9.17) is 4.74 Å². The van der Waals surface area contributed by atoms with Crippen LogP contribution in [0.1, 0.15) is 12.0 Å². The number of amidine groups is 1. The van der Waals surface area contributed by atoms with Gasteiger partial charge in [-0.3, -0.25) is 10.1 Å². The summed E-state index contributed by atoms with van der Waals surface area (Å²) in [4.78, 5) is 12.8. The lowest BCUT2D eigenvalue weighted by atomic mass is 10.0. The van der Waals surface area contributed by atoms with E-state index in [1.807, 2.05) is 28.8 Å². The second-order valence-electron chi connectivity index (χ2n) is 6.54. The summed E-state index contributed by atoms with van der Waals surface area (Å²) < 4.78 is 7.19. The van der Waals surface area contributed by atoms with Crippen molar-refractivity contribution >= 4 is 28.3 Å². The number of β-amino-alcohol motifs (C(OH)–C–C–N with tert-alkyl or cyclic N) is 1. The highest BCUT2D eigenvalue weighted by molar-refractivity contribution is 8.13. The topological polar surface area (TPSA) is 78.9 Å². The van der Waals surface area contributed by atoms with E-state index in [0.29, 0.717) is 18.7 Å². The van der Waals surface area contributed by atoms with Crippen molar-refractivity contribution in [1.29, 1.82) is 0 Å². The van der Waals surface area contributed by atoms with Gasteiger partial charge in [-0.25, -0.2) is 9.48 Å². The molecule has 0 saturated heterocycles. The van der Waals surface area contributed by atoms with Gasteiger partial charge < -0.3 is 9.84 Å². The SMILES string of the molecule is COc1ccc(N2C[C@](O)(c3cccc([N+](=O)[O-])c3)[N+]3=C2SCCC3)cc1. The number of thioether (sulfide) groups is 1. The van der Waals surface area contributed by atoms with Crippen molar-refractivity contribution in [2.24, 2.45) is 0 Å². The molecule has 2 heterocycles. The Morgan fingerprint density at radius 1 is 1.30 bits per heavy atom. The first-order valence-corrected chi connectivity index (χ1v) is 9.68. The predicted octanol–water partition coefficient (Wildman–Crippen LogP) is 2.77. The normalized spacial score (nSPS) is 21.9. The molecule has 140 valence electrons. The number of aliphatic hydroxyl groups is 1. The number of nitro groups is 1. The lowest BCUT2D eigenvalue weighted by Gasteiger charge is -2.24. The summed E-state index contributed by atoms with van der Waals surface area (Å²) in [6.07, 6.45) is 0.946. The smallest absolute Gasteiger partial charge is 0.316 e. The Kier molecular flexibility index (Phi) is 4.53. The van der Waals surface area contributed by atoms with E-state index in [2.05, 4.69) is 4.90 Å². The van der Waals surface area contributed by atoms with Crippen LogP contribution in [0.4, 0.5) is 11.4 Å². The van der Waals surface area contributed by atoms with Crippen LogP contribution in [0.5, 0.6) is 5.75 Å². The molecule has 0 saturated carbocycles. The van der Waals surface area contributed by atoms with Crippen molar-refractivity contribution in [2.45, 2.75) is 12.1 Å². The zero-order chi connectivity index (χ0) is 19.0. The summed E-state index contributed by atoms with van der Waals surface area (Å²) in [5, 5.41) is 23.8. The number of nitrogens with zero attached hydrogens (tertiary/aromatic N) is 3. The zero-order valence-corrected chi connectivity index (χ0v) is 15.7. The monoisotopic (exact) mass is 386 g/mol. The molecule has 1 N–H and O–H groups in total. The molecule has 0 fully saturated rings. The number of nitro benzene ring substituents is 1. The van der Waals surface area contributed by atoms with Crippen LogP contribution in [-0.2, 0) is 5.72 Å². The molecule has 2 aromatic carbocycles. The van der Waals surface area contributed by atoms with Crippen molar-refractivity contribution in [3.05, 3.63) is 64.2 Å². The van der Waals surface area contributed by atoms with Gasteiger partial charge in [-0.15, -0.1) is 0 Å². The fraction of sp³-hybridized carbons (Fsp3) is 0.316. The van der Waals surface area contributed by atoms with E-state index in [1.54, 1.807) is 31.0 Å². The third-order valence-corrected chi connectivity index (χ3v) is 6.14. The quantitative estimate of drug-likeness (QED) is 0.495. The van der Waals surface area contributed by atoms with Gasteiger partial charge in [0.1, 0.15) is 11.4 Å². The minimum Gasteiger partial charge on any atom is -0.497 e. The summed E-state index contributed by atoms with van der Waals surface area (Å²) in [5.41, 5.74) is 0.156. The van der Waals surface area contributed by atoms with Crippen LogP contribution in [0.2, 0.25) is 0 Å². The van der Waals surface area contributed by atoms with Gasteiger partial charge >= 0.3 is 5.17 Å². The molecule has 0 bridgehead atoms. The molecule has 0 aliphatic carbocycles. The van der Waals surface area contributed by atoms with Crippen LogP contribution in [0.25, 0.3) is 0 Å². The molecule has 2 aliphatic heterocycles. The van der Waals surface area contributed by atoms with Crippen molar-refractivity contribution in [2.75, 3.05) is 30.9 Å². The van der Waals surface area contributed by atoms with Crippen LogP contribution in [0.3, 0.4) is 0 Å². The van der Waals surface area contributed by atoms with Gasteiger partial charge in [0.05, 0.1) is 18.6 Å². The molecule has 0 unspecified atom stereocenters. The molecular weight excluding hydrogens is 366 g/mol. The number of anilines is 1. The average Bonchev–Trinajstić information content (AvgIpc) is 3.02. The number of non-ortho nitro benzene ring substituents is 1. The van der Waals surface area contributed by atoms with Crippen molar-refractivity contribution in [3.63, 3.8) is 0 Å². The Morgan fingerprint density at radius 2 is 2.07 bits per heavy atom. The lowest BCUT2D eigenvalue weighted by Crippen LogP contribution is -2.41. The van der Waals surface area contributed by atoms with E-state index in [9.17, 15) is 15.2 Å². The Labute approximate surface area is 161 Å². The predicted molar refractivity (Wildman–Crippen MR) is 105 cm³/mol. The highest BCUT2D eigenvalue weighted by atomic mass is 32.2. The number of methoxy groups -OCH3 is 1. The Morgan fingerprint density at radius 3 is 2.78 bits per heavy atom. The van der Waals surface area contributed by atoms with Gasteiger partial charge in [-0.05, 0) is 42.4 Å². The third-order valence-electron chi connectivity index (χ3n) is 4.95. The number of ether oxygens (including phenoxy) is 1. The summed E-state index contributed by atoms with van der Waals surface area (Å²) in [5.74, 6) is 1.74. The largest absolute Gasteiger partial charge is 0.497 e. The number of hydrogen-bond donors (Lipinski definition) is 1.